The molecule has 11 atom stereocenters. The average molecular weight is 682 g/mol. The number of carboxylic acid groups (broad SMARTS) is 1. The maximum atomic E-state index is 13.6. The van der Waals surface area contributed by atoms with E-state index in [1.54, 1.807) is 0 Å². The summed E-state index contributed by atoms with van der Waals surface area (Å²) in [5.41, 5.74) is -0.584. The van der Waals surface area contributed by atoms with Crippen LogP contribution in [0.4, 0.5) is 4.39 Å². The molecular formula is C33H48FN3O9S. The van der Waals surface area contributed by atoms with E-state index in [9.17, 15) is 29.3 Å². The Morgan fingerprint density at radius 1 is 1.09 bits per heavy atom. The molecule has 4 aliphatic heterocycles. The highest BCUT2D eigenvalue weighted by molar-refractivity contribution is 8.00. The summed E-state index contributed by atoms with van der Waals surface area (Å²) >= 11 is 1.25. The van der Waals surface area contributed by atoms with Gasteiger partial charge in [0.25, 0.3) is 12.4 Å². The number of nitrogens with one attached hydrogen (secondary N) is 3. The van der Waals surface area contributed by atoms with Crippen LogP contribution in [0, 0.1) is 23.6 Å². The van der Waals surface area contributed by atoms with Crippen molar-refractivity contribution in [2.24, 2.45) is 17.8 Å². The van der Waals surface area contributed by atoms with E-state index in [1.807, 2.05) is 12.2 Å². The first-order valence-electron chi connectivity index (χ1n) is 16.3. The molecule has 2 bridgehead atoms. The lowest BCUT2D eigenvalue weighted by Crippen LogP contribution is -2.64. The van der Waals surface area contributed by atoms with Crippen molar-refractivity contribution in [3.63, 3.8) is 0 Å². The van der Waals surface area contributed by atoms with Crippen molar-refractivity contribution in [2.75, 3.05) is 19.7 Å². The number of carbonyl (C=O) groups excluding carboxylic acids is 2. The number of fused-ring (bicyclic) bond motifs is 3. The van der Waals surface area contributed by atoms with Gasteiger partial charge in [-0.3, -0.25) is 14.4 Å². The lowest BCUT2D eigenvalue weighted by atomic mass is 9.85. The van der Waals surface area contributed by atoms with Gasteiger partial charge in [0.15, 0.2) is 0 Å². The fourth-order valence-electron chi connectivity index (χ4n) is 6.92. The first-order valence-corrected chi connectivity index (χ1v) is 17.2. The van der Waals surface area contributed by atoms with Gasteiger partial charge in [-0.15, -0.1) is 11.8 Å². The standard InChI is InChI=1S/C32H46FN3O7S.CH2O2/c1-17(2)13-18-11-12-42-28-20(14-18)15-34-24(28)31(41)36-23-6-4-3-5-22(16-35-30(40)19-7-9-21(33)10-8-19)44-32-27(39)25(37)26(38)29(23)43-32;2-1-3/h3-4,7-10,17-18,20,22-29,32,34,37-39H,5-6,11-16H2,1-2H3,(H,35,40)(H,36,41);1H,(H,2,3)/b4-3-;/t18-,20-,22-,23+,24-,25-,26+,27+,28+,29+,32+;/m0./s1. The topological polar surface area (TPSA) is 187 Å². The third-order valence-corrected chi connectivity index (χ3v) is 10.6. The van der Waals surface area contributed by atoms with E-state index in [-0.39, 0.29) is 42.1 Å². The molecule has 4 aliphatic rings. The zero-order chi connectivity index (χ0) is 34.1. The quantitative estimate of drug-likeness (QED) is 0.163. The molecule has 3 saturated heterocycles. The first-order chi connectivity index (χ1) is 22.5. The highest BCUT2D eigenvalue weighted by Crippen LogP contribution is 2.36. The zero-order valence-electron chi connectivity index (χ0n) is 26.7. The van der Waals surface area contributed by atoms with Crippen LogP contribution in [0.1, 0.15) is 56.3 Å². The van der Waals surface area contributed by atoms with Gasteiger partial charge >= 0.3 is 0 Å². The van der Waals surface area contributed by atoms with Crippen LogP contribution in [0.15, 0.2) is 36.4 Å². The molecule has 14 heteroatoms. The molecule has 0 saturated carbocycles. The van der Waals surface area contributed by atoms with Crippen molar-refractivity contribution in [1.82, 2.24) is 16.0 Å². The van der Waals surface area contributed by atoms with Gasteiger partial charge in [-0.05, 0) is 74.1 Å². The van der Waals surface area contributed by atoms with E-state index < -0.39 is 47.8 Å². The van der Waals surface area contributed by atoms with Gasteiger partial charge < -0.3 is 45.9 Å². The van der Waals surface area contributed by atoms with Crippen LogP contribution in [-0.2, 0) is 19.1 Å². The monoisotopic (exact) mass is 681 g/mol. The molecule has 1 aromatic carbocycles. The van der Waals surface area contributed by atoms with Gasteiger partial charge in [0.2, 0.25) is 5.91 Å². The Morgan fingerprint density at radius 2 is 1.79 bits per heavy atom. The van der Waals surface area contributed by atoms with Crippen LogP contribution in [0.5, 0.6) is 0 Å². The number of rotatable bonds is 7. The number of hydrogen-bond donors (Lipinski definition) is 7. The van der Waals surface area contributed by atoms with Crippen molar-refractivity contribution in [1.29, 1.82) is 0 Å². The Balaban J connectivity index is 0.00000160. The summed E-state index contributed by atoms with van der Waals surface area (Å²) in [6.07, 6.45) is 2.35. The Bertz CT molecular complexity index is 1210. The van der Waals surface area contributed by atoms with Crippen molar-refractivity contribution in [2.45, 2.75) is 99.2 Å². The molecule has 3 fully saturated rings. The van der Waals surface area contributed by atoms with Crippen LogP contribution in [0.25, 0.3) is 0 Å². The number of hydrogen-bond acceptors (Lipinski definition) is 10. The summed E-state index contributed by atoms with van der Waals surface area (Å²) in [5, 5.41) is 48.5. The minimum atomic E-state index is -1.49. The van der Waals surface area contributed by atoms with E-state index in [4.69, 9.17) is 19.4 Å². The number of benzene rings is 1. The highest BCUT2D eigenvalue weighted by Gasteiger charge is 2.49. The Hall–Kier alpha value is -2.59. The van der Waals surface area contributed by atoms with Crippen LogP contribution >= 0.6 is 11.8 Å². The predicted molar refractivity (Wildman–Crippen MR) is 173 cm³/mol. The van der Waals surface area contributed by atoms with Crippen LogP contribution in [-0.4, -0.2) is 112 Å². The van der Waals surface area contributed by atoms with Crippen molar-refractivity contribution >= 4 is 30.0 Å². The van der Waals surface area contributed by atoms with E-state index in [2.05, 4.69) is 29.8 Å². The van der Waals surface area contributed by atoms with E-state index in [0.29, 0.717) is 43.4 Å². The van der Waals surface area contributed by atoms with E-state index in [1.165, 1.54) is 36.0 Å². The molecular weight excluding hydrogens is 633 g/mol. The SMILES string of the molecule is CC(C)C[C@@H]1CCO[C@@H]2[C@H](CN[C@@H]2C(=O)N[C@@H]2C/C=C\C[C@@H](CNC(=O)c3ccc(F)cc3)S[C@H]3O[C@H]2[C@H](O)[C@H](O)[C@H]3O)C1.O=CO. The number of aliphatic hydroxyl groups is 3. The average Bonchev–Trinajstić information content (AvgIpc) is 3.33. The van der Waals surface area contributed by atoms with Crippen LogP contribution in [0.2, 0.25) is 0 Å². The van der Waals surface area contributed by atoms with Crippen molar-refractivity contribution in [3.05, 3.63) is 47.8 Å². The summed E-state index contributed by atoms with van der Waals surface area (Å²) in [5.74, 6) is 0.403. The maximum Gasteiger partial charge on any atom is 0.290 e. The number of amides is 2. The van der Waals surface area contributed by atoms with Crippen LogP contribution < -0.4 is 16.0 Å². The minimum Gasteiger partial charge on any atom is -0.483 e. The number of carbonyl (C=O) groups is 3. The van der Waals surface area contributed by atoms with Crippen LogP contribution in [0.3, 0.4) is 0 Å². The normalized spacial score (nSPS) is 36.1. The Labute approximate surface area is 278 Å². The van der Waals surface area contributed by atoms with E-state index >= 15 is 0 Å². The second-order valence-electron chi connectivity index (χ2n) is 13.1. The molecule has 2 amide bonds. The third kappa shape index (κ3) is 9.97. The molecule has 0 spiro atoms. The number of allylic oxidation sites excluding steroid dienone is 1. The summed E-state index contributed by atoms with van der Waals surface area (Å²) < 4.78 is 25.7. The van der Waals surface area contributed by atoms with Gasteiger partial charge in [0, 0.05) is 30.5 Å². The largest absolute Gasteiger partial charge is 0.483 e. The van der Waals surface area contributed by atoms with Crippen molar-refractivity contribution in [3.8, 4) is 0 Å². The lowest BCUT2D eigenvalue weighted by molar-refractivity contribution is -0.205. The number of thioether (sulfide) groups is 1. The molecule has 47 heavy (non-hydrogen) atoms. The fourth-order valence-corrected chi connectivity index (χ4v) is 8.21. The second kappa shape index (κ2) is 17.7. The first kappa shape index (κ1) is 37.2. The molecule has 7 N–H and O–H groups in total. The lowest BCUT2D eigenvalue weighted by Gasteiger charge is -2.44. The molecule has 1 aromatic rings. The summed E-state index contributed by atoms with van der Waals surface area (Å²) in [7, 11) is 0. The summed E-state index contributed by atoms with van der Waals surface area (Å²) in [4.78, 5) is 34.6. The summed E-state index contributed by atoms with van der Waals surface area (Å²) in [6.45, 7) is 5.77. The smallest absolute Gasteiger partial charge is 0.290 e. The molecule has 0 aromatic heterocycles. The van der Waals surface area contributed by atoms with Gasteiger partial charge in [0.1, 0.15) is 41.7 Å². The molecule has 12 nitrogen and oxygen atoms in total. The van der Waals surface area contributed by atoms with Gasteiger partial charge in [-0.1, -0.05) is 26.0 Å². The number of halogens is 1. The zero-order valence-corrected chi connectivity index (χ0v) is 27.6. The highest BCUT2D eigenvalue weighted by atomic mass is 32.2. The maximum absolute atomic E-state index is 13.6. The number of aliphatic hydroxyl groups excluding tert-OH is 3. The molecule has 0 radical (unpaired) electrons. The Kier molecular flexibility index (Phi) is 14.0. The van der Waals surface area contributed by atoms with Crippen molar-refractivity contribution < 1.29 is 48.7 Å². The van der Waals surface area contributed by atoms with E-state index in [0.717, 1.165) is 19.3 Å². The second-order valence-corrected chi connectivity index (χ2v) is 14.5. The molecule has 4 heterocycles. The predicted octanol–water partition coefficient (Wildman–Crippen LogP) is 1.43. The molecule has 262 valence electrons. The van der Waals surface area contributed by atoms with Gasteiger partial charge in [-0.25, -0.2) is 4.39 Å². The molecule has 0 unspecified atom stereocenters. The van der Waals surface area contributed by atoms with Gasteiger partial charge in [-0.2, -0.15) is 0 Å². The number of ether oxygens (including phenoxy) is 2. The molecule has 5 rings (SSSR count). The molecule has 0 aliphatic carbocycles. The third-order valence-electron chi connectivity index (χ3n) is 9.16. The fraction of sp³-hybridized carbons (Fsp3) is 0.667. The van der Waals surface area contributed by atoms with Gasteiger partial charge in [0.05, 0.1) is 12.1 Å². The summed E-state index contributed by atoms with van der Waals surface area (Å²) in [6, 6.07) is 4.06. The minimum absolute atomic E-state index is 0.226. The Morgan fingerprint density at radius 3 is 2.49 bits per heavy atom.